The Labute approximate surface area is 163 Å². The van der Waals surface area contributed by atoms with Crippen molar-refractivity contribution in [2.75, 3.05) is 18.4 Å². The summed E-state index contributed by atoms with van der Waals surface area (Å²) in [6, 6.07) is 4.80. The molecule has 1 aliphatic carbocycles. The zero-order chi connectivity index (χ0) is 19.4. The molecule has 1 saturated carbocycles. The van der Waals surface area contributed by atoms with Gasteiger partial charge in [0.25, 0.3) is 5.91 Å². The van der Waals surface area contributed by atoms with Crippen molar-refractivity contribution in [3.63, 3.8) is 0 Å². The minimum atomic E-state index is -1.17. The van der Waals surface area contributed by atoms with Gasteiger partial charge in [0.15, 0.2) is 0 Å². The van der Waals surface area contributed by atoms with Crippen molar-refractivity contribution in [2.24, 2.45) is 11.8 Å². The number of carboxylic acids is 1. The van der Waals surface area contributed by atoms with Crippen LogP contribution in [0.1, 0.15) is 55.3 Å². The Balaban J connectivity index is 1.69. The van der Waals surface area contributed by atoms with E-state index in [0.717, 1.165) is 45.2 Å². The molecular formula is C20H24ClN2O4-. The number of amides is 2. The molecule has 0 radical (unpaired) electrons. The fourth-order valence-electron chi connectivity index (χ4n) is 4.00. The van der Waals surface area contributed by atoms with E-state index in [9.17, 15) is 19.5 Å². The quantitative estimate of drug-likeness (QED) is 0.853. The van der Waals surface area contributed by atoms with Crippen molar-refractivity contribution in [3.05, 3.63) is 28.8 Å². The van der Waals surface area contributed by atoms with E-state index < -0.39 is 17.8 Å². The Bertz CT molecular complexity index is 731. The van der Waals surface area contributed by atoms with Crippen LogP contribution in [0.3, 0.4) is 0 Å². The molecule has 1 aromatic carbocycles. The molecule has 3 rings (SSSR count). The minimum absolute atomic E-state index is 0.0955. The summed E-state index contributed by atoms with van der Waals surface area (Å²) >= 11 is 6.29. The van der Waals surface area contributed by atoms with E-state index in [-0.39, 0.29) is 16.8 Å². The highest BCUT2D eigenvalue weighted by molar-refractivity contribution is 6.34. The first-order valence-corrected chi connectivity index (χ1v) is 9.95. The van der Waals surface area contributed by atoms with Crippen LogP contribution in [0.4, 0.5) is 5.69 Å². The van der Waals surface area contributed by atoms with Gasteiger partial charge in [-0.25, -0.2) is 0 Å². The van der Waals surface area contributed by atoms with Gasteiger partial charge in [-0.2, -0.15) is 0 Å². The van der Waals surface area contributed by atoms with E-state index in [4.69, 9.17) is 11.6 Å². The summed E-state index contributed by atoms with van der Waals surface area (Å²) in [5.74, 6) is -2.96. The van der Waals surface area contributed by atoms with Crippen molar-refractivity contribution in [1.29, 1.82) is 0 Å². The van der Waals surface area contributed by atoms with E-state index in [1.54, 1.807) is 23.1 Å². The predicted molar refractivity (Wildman–Crippen MR) is 100 cm³/mol. The Hall–Kier alpha value is -2.08. The maximum Gasteiger partial charge on any atom is 0.255 e. The molecule has 0 unspecified atom stereocenters. The van der Waals surface area contributed by atoms with Gasteiger partial charge in [0.05, 0.1) is 10.6 Å². The second-order valence-electron chi connectivity index (χ2n) is 7.35. The van der Waals surface area contributed by atoms with E-state index in [1.807, 2.05) is 0 Å². The van der Waals surface area contributed by atoms with Gasteiger partial charge < -0.3 is 20.1 Å². The van der Waals surface area contributed by atoms with Crippen LogP contribution in [0, 0.1) is 11.8 Å². The number of carboxylic acid groups (broad SMARTS) is 1. The Kier molecular flexibility index (Phi) is 6.37. The third kappa shape index (κ3) is 4.61. The molecule has 6 nitrogen and oxygen atoms in total. The molecule has 0 spiro atoms. The third-order valence-electron chi connectivity index (χ3n) is 5.52. The maximum absolute atomic E-state index is 12.6. The second kappa shape index (κ2) is 8.74. The maximum atomic E-state index is 12.6. The second-order valence-corrected chi connectivity index (χ2v) is 7.76. The lowest BCUT2D eigenvalue weighted by Crippen LogP contribution is -2.42. The highest BCUT2D eigenvalue weighted by atomic mass is 35.5. The number of nitrogens with zero attached hydrogens (tertiary/aromatic N) is 1. The SMILES string of the molecule is O=C([O-])[C@H]1CCCC[C@@H]1C(=O)Nc1ccc(C(=O)N2CCCCC2)c(Cl)c1. The molecule has 27 heavy (non-hydrogen) atoms. The van der Waals surface area contributed by atoms with E-state index in [0.29, 0.717) is 24.1 Å². The number of carbonyl (C=O) groups is 3. The first-order chi connectivity index (χ1) is 13.0. The molecule has 2 atom stereocenters. The summed E-state index contributed by atoms with van der Waals surface area (Å²) in [4.78, 5) is 38.2. The summed E-state index contributed by atoms with van der Waals surface area (Å²) in [6.07, 6.45) is 5.75. The third-order valence-corrected chi connectivity index (χ3v) is 5.83. The van der Waals surface area contributed by atoms with Crippen LogP contribution in [0.2, 0.25) is 5.02 Å². The molecule has 2 fully saturated rings. The summed E-state index contributed by atoms with van der Waals surface area (Å²) in [5.41, 5.74) is 0.879. The average molecular weight is 392 g/mol. The molecule has 146 valence electrons. The smallest absolute Gasteiger partial charge is 0.255 e. The van der Waals surface area contributed by atoms with Crippen LogP contribution < -0.4 is 10.4 Å². The zero-order valence-corrected chi connectivity index (χ0v) is 16.0. The lowest BCUT2D eigenvalue weighted by atomic mass is 9.78. The number of anilines is 1. The normalized spacial score (nSPS) is 22.9. The van der Waals surface area contributed by atoms with Crippen molar-refractivity contribution in [2.45, 2.75) is 44.9 Å². The van der Waals surface area contributed by atoms with Crippen LogP contribution in [0.5, 0.6) is 0 Å². The van der Waals surface area contributed by atoms with Gasteiger partial charge >= 0.3 is 0 Å². The molecule has 0 aromatic heterocycles. The van der Waals surface area contributed by atoms with Crippen LogP contribution in [-0.2, 0) is 9.59 Å². The number of aliphatic carboxylic acids is 1. The first-order valence-electron chi connectivity index (χ1n) is 9.58. The fourth-order valence-corrected chi connectivity index (χ4v) is 4.26. The van der Waals surface area contributed by atoms with Crippen LogP contribution in [0.25, 0.3) is 0 Å². The molecule has 0 bridgehead atoms. The standard InChI is InChI=1S/C20H25ClN2O4/c21-17-12-13(8-9-16(17)19(25)23-10-4-1-5-11-23)22-18(24)14-6-2-3-7-15(14)20(26)27/h8-9,12,14-15H,1-7,10-11H2,(H,22,24)(H,26,27)/p-1/t14-,15-/m0/s1. The lowest BCUT2D eigenvalue weighted by molar-refractivity contribution is -0.313. The number of piperidine rings is 1. The molecule has 1 heterocycles. The van der Waals surface area contributed by atoms with Crippen LogP contribution >= 0.6 is 11.6 Å². The van der Waals surface area contributed by atoms with Gasteiger partial charge in [0.1, 0.15) is 0 Å². The Morgan fingerprint density at radius 2 is 1.67 bits per heavy atom. The summed E-state index contributed by atoms with van der Waals surface area (Å²) in [6.45, 7) is 1.47. The van der Waals surface area contributed by atoms with Gasteiger partial charge in [-0.05, 0) is 50.3 Å². The minimum Gasteiger partial charge on any atom is -0.550 e. The fraction of sp³-hybridized carbons (Fsp3) is 0.550. The number of carbonyl (C=O) groups excluding carboxylic acids is 3. The summed E-state index contributed by atoms with van der Waals surface area (Å²) in [5, 5.41) is 14.3. The summed E-state index contributed by atoms with van der Waals surface area (Å²) in [7, 11) is 0. The average Bonchev–Trinajstić information content (AvgIpc) is 2.68. The highest BCUT2D eigenvalue weighted by Gasteiger charge is 2.32. The molecule has 2 aliphatic rings. The number of benzene rings is 1. The number of hydrogen-bond donors (Lipinski definition) is 1. The molecule has 7 heteroatoms. The van der Waals surface area contributed by atoms with E-state index in [1.165, 1.54) is 0 Å². The van der Waals surface area contributed by atoms with Crippen LogP contribution in [0.15, 0.2) is 18.2 Å². The monoisotopic (exact) mass is 391 g/mol. The molecule has 1 saturated heterocycles. The van der Waals surface area contributed by atoms with Crippen LogP contribution in [-0.4, -0.2) is 35.8 Å². The number of hydrogen-bond acceptors (Lipinski definition) is 4. The largest absolute Gasteiger partial charge is 0.550 e. The lowest BCUT2D eigenvalue weighted by Gasteiger charge is -2.31. The van der Waals surface area contributed by atoms with E-state index in [2.05, 4.69) is 5.32 Å². The van der Waals surface area contributed by atoms with Crippen molar-refractivity contribution >= 4 is 35.1 Å². The van der Waals surface area contributed by atoms with Crippen molar-refractivity contribution in [1.82, 2.24) is 4.90 Å². The molecule has 1 aliphatic heterocycles. The Morgan fingerprint density at radius 3 is 2.30 bits per heavy atom. The van der Waals surface area contributed by atoms with Gasteiger partial charge in [0, 0.05) is 36.6 Å². The Morgan fingerprint density at radius 1 is 1.00 bits per heavy atom. The van der Waals surface area contributed by atoms with Gasteiger partial charge in [0.2, 0.25) is 5.91 Å². The zero-order valence-electron chi connectivity index (χ0n) is 15.2. The molecule has 1 aromatic rings. The highest BCUT2D eigenvalue weighted by Crippen LogP contribution is 2.31. The van der Waals surface area contributed by atoms with E-state index >= 15 is 0 Å². The van der Waals surface area contributed by atoms with Gasteiger partial charge in [-0.3, -0.25) is 9.59 Å². The van der Waals surface area contributed by atoms with Gasteiger partial charge in [-0.15, -0.1) is 0 Å². The number of rotatable bonds is 4. The predicted octanol–water partition coefficient (Wildman–Crippen LogP) is 2.46. The summed E-state index contributed by atoms with van der Waals surface area (Å²) < 4.78 is 0. The number of halogens is 1. The van der Waals surface area contributed by atoms with Gasteiger partial charge in [-0.1, -0.05) is 24.4 Å². The molecule has 2 amide bonds. The van der Waals surface area contributed by atoms with Crippen molar-refractivity contribution < 1.29 is 19.5 Å². The number of likely N-dealkylation sites (tertiary alicyclic amines) is 1. The number of nitrogens with one attached hydrogen (secondary N) is 1. The topological polar surface area (TPSA) is 89.5 Å². The molecular weight excluding hydrogens is 368 g/mol. The first kappa shape index (κ1) is 19.7. The van der Waals surface area contributed by atoms with Crippen molar-refractivity contribution in [3.8, 4) is 0 Å². The molecule has 1 N–H and O–H groups in total.